The molecule has 0 aliphatic rings. The highest BCUT2D eigenvalue weighted by Crippen LogP contribution is 2.25. The van der Waals surface area contributed by atoms with E-state index in [-0.39, 0.29) is 0 Å². The van der Waals surface area contributed by atoms with E-state index < -0.39 is 11.9 Å². The highest BCUT2D eigenvalue weighted by molar-refractivity contribution is 6.11. The lowest BCUT2D eigenvalue weighted by molar-refractivity contribution is 0.0978. The van der Waals surface area contributed by atoms with Crippen LogP contribution in [0.4, 0.5) is 0 Å². The van der Waals surface area contributed by atoms with Crippen LogP contribution in [0.25, 0.3) is 27.6 Å². The second kappa shape index (κ2) is 5.24. The topological polar surface area (TPSA) is 113 Å². The minimum Gasteiger partial charge on any atom is -0.370 e. The minimum absolute atomic E-state index is 0.390. The maximum absolute atomic E-state index is 12.3. The molecule has 118 valence electrons. The standard InChI is InChI=1S/C17H14N6O/c18-17(19)22-16(24)13-9-23(15-12(13)2-1-6-21-15)11-3-4-14-10(8-11)5-7-20-14/h1-9,20H,(H4,18,19,22,24). The Bertz CT molecular complexity index is 1090. The first-order chi connectivity index (χ1) is 11.6. The van der Waals surface area contributed by atoms with E-state index in [2.05, 4.69) is 15.3 Å². The van der Waals surface area contributed by atoms with Crippen molar-refractivity contribution >= 4 is 33.8 Å². The second-order valence-electron chi connectivity index (χ2n) is 5.40. The molecule has 7 nitrogen and oxygen atoms in total. The Morgan fingerprint density at radius 2 is 2.17 bits per heavy atom. The normalized spacial score (nSPS) is 11.0. The van der Waals surface area contributed by atoms with Crippen molar-refractivity contribution in [3.8, 4) is 5.69 Å². The summed E-state index contributed by atoms with van der Waals surface area (Å²) < 4.78 is 1.86. The van der Waals surface area contributed by atoms with Crippen LogP contribution in [0.3, 0.4) is 0 Å². The molecular formula is C17H14N6O. The van der Waals surface area contributed by atoms with Gasteiger partial charge in [-0.05, 0) is 36.4 Å². The van der Waals surface area contributed by atoms with Gasteiger partial charge in [-0.2, -0.15) is 0 Å². The first-order valence-corrected chi connectivity index (χ1v) is 7.32. The number of hydrogen-bond acceptors (Lipinski definition) is 3. The molecule has 5 N–H and O–H groups in total. The number of fused-ring (bicyclic) bond motifs is 2. The Morgan fingerprint density at radius 3 is 3.00 bits per heavy atom. The number of benzene rings is 1. The predicted molar refractivity (Wildman–Crippen MR) is 92.3 cm³/mol. The van der Waals surface area contributed by atoms with Gasteiger partial charge in [0.2, 0.25) is 0 Å². The van der Waals surface area contributed by atoms with Crippen LogP contribution in [0.5, 0.6) is 0 Å². The predicted octanol–water partition coefficient (Wildman–Crippen LogP) is 2.13. The summed E-state index contributed by atoms with van der Waals surface area (Å²) in [6, 6.07) is 11.5. The van der Waals surface area contributed by atoms with Gasteiger partial charge in [0, 0.05) is 40.6 Å². The summed E-state index contributed by atoms with van der Waals surface area (Å²) in [5.74, 6) is -0.819. The molecule has 0 aliphatic heterocycles. The number of amides is 1. The maximum atomic E-state index is 12.3. The van der Waals surface area contributed by atoms with E-state index in [4.69, 9.17) is 11.1 Å². The van der Waals surface area contributed by atoms with Crippen molar-refractivity contribution in [2.75, 3.05) is 0 Å². The van der Waals surface area contributed by atoms with Crippen LogP contribution >= 0.6 is 0 Å². The molecule has 3 aromatic heterocycles. The van der Waals surface area contributed by atoms with E-state index in [1.165, 1.54) is 0 Å². The first-order valence-electron chi connectivity index (χ1n) is 7.32. The molecule has 24 heavy (non-hydrogen) atoms. The lowest BCUT2D eigenvalue weighted by atomic mass is 10.2. The van der Waals surface area contributed by atoms with E-state index in [1.807, 2.05) is 41.1 Å². The second-order valence-corrected chi connectivity index (χ2v) is 5.40. The summed E-state index contributed by atoms with van der Waals surface area (Å²) >= 11 is 0. The third kappa shape index (κ3) is 2.19. The van der Waals surface area contributed by atoms with E-state index in [0.717, 1.165) is 16.6 Å². The van der Waals surface area contributed by atoms with Gasteiger partial charge in [0.05, 0.1) is 5.56 Å². The molecule has 0 spiro atoms. The summed E-state index contributed by atoms with van der Waals surface area (Å²) in [6.07, 6.45) is 5.27. The summed E-state index contributed by atoms with van der Waals surface area (Å²) in [5.41, 5.74) is 8.29. The van der Waals surface area contributed by atoms with Gasteiger partial charge >= 0.3 is 0 Å². The van der Waals surface area contributed by atoms with Gasteiger partial charge in [-0.25, -0.2) is 4.98 Å². The zero-order valence-electron chi connectivity index (χ0n) is 12.6. The fraction of sp³-hybridized carbons (Fsp3) is 0. The Labute approximate surface area is 136 Å². The van der Waals surface area contributed by atoms with Gasteiger partial charge in [0.25, 0.3) is 5.91 Å². The lowest BCUT2D eigenvalue weighted by Crippen LogP contribution is -2.35. The number of nitrogens with two attached hydrogens (primary N) is 1. The number of pyridine rings is 1. The molecule has 1 amide bonds. The maximum Gasteiger partial charge on any atom is 0.260 e. The molecule has 0 saturated carbocycles. The Balaban J connectivity index is 1.92. The molecule has 0 saturated heterocycles. The molecule has 0 unspecified atom stereocenters. The van der Waals surface area contributed by atoms with Gasteiger partial charge in [-0.1, -0.05) is 0 Å². The molecule has 3 heterocycles. The number of rotatable bonds is 2. The van der Waals surface area contributed by atoms with Gasteiger partial charge in [-0.15, -0.1) is 0 Å². The molecule has 0 bridgehead atoms. The van der Waals surface area contributed by atoms with E-state index in [0.29, 0.717) is 16.6 Å². The fourth-order valence-electron chi connectivity index (χ4n) is 2.82. The molecule has 4 aromatic rings. The molecule has 1 aromatic carbocycles. The summed E-state index contributed by atoms with van der Waals surface area (Å²) in [4.78, 5) is 19.9. The van der Waals surface area contributed by atoms with Crippen molar-refractivity contribution in [1.82, 2.24) is 19.9 Å². The Hall–Kier alpha value is -3.61. The summed E-state index contributed by atoms with van der Waals surface area (Å²) in [5, 5.41) is 11.3. The third-order valence-corrected chi connectivity index (χ3v) is 3.87. The van der Waals surface area contributed by atoms with Gasteiger partial charge < -0.3 is 15.3 Å². The Morgan fingerprint density at radius 1 is 1.29 bits per heavy atom. The SMILES string of the molecule is N=C(N)NC(=O)c1cn(-c2ccc3[nH]ccc3c2)c2ncccc12. The number of aromatic nitrogens is 3. The number of aromatic amines is 1. The molecule has 0 radical (unpaired) electrons. The van der Waals surface area contributed by atoms with Crippen LogP contribution in [-0.4, -0.2) is 26.4 Å². The van der Waals surface area contributed by atoms with Crippen LogP contribution in [0, 0.1) is 5.41 Å². The number of carbonyl (C=O) groups is 1. The van der Waals surface area contributed by atoms with E-state index >= 15 is 0 Å². The number of H-pyrrole nitrogens is 1. The Kier molecular flexibility index (Phi) is 3.06. The first kappa shape index (κ1) is 14.0. The number of nitrogens with zero attached hydrogens (tertiary/aromatic N) is 2. The van der Waals surface area contributed by atoms with Crippen LogP contribution in [-0.2, 0) is 0 Å². The largest absolute Gasteiger partial charge is 0.370 e. The molecule has 0 fully saturated rings. The highest BCUT2D eigenvalue weighted by atomic mass is 16.1. The van der Waals surface area contributed by atoms with Crippen molar-refractivity contribution in [3.05, 3.63) is 60.6 Å². The van der Waals surface area contributed by atoms with Crippen molar-refractivity contribution < 1.29 is 4.79 Å². The number of hydrogen-bond donors (Lipinski definition) is 4. The van der Waals surface area contributed by atoms with Gasteiger partial charge in [-0.3, -0.25) is 15.5 Å². The van der Waals surface area contributed by atoms with Crippen LogP contribution in [0.2, 0.25) is 0 Å². The van der Waals surface area contributed by atoms with E-state index in [1.54, 1.807) is 18.5 Å². The van der Waals surface area contributed by atoms with Crippen LogP contribution in [0.1, 0.15) is 10.4 Å². The molecule has 7 heteroatoms. The lowest BCUT2D eigenvalue weighted by Gasteiger charge is -2.04. The van der Waals surface area contributed by atoms with Crippen molar-refractivity contribution in [3.63, 3.8) is 0 Å². The molecule has 4 rings (SSSR count). The van der Waals surface area contributed by atoms with Crippen LogP contribution in [0.15, 0.2) is 55.0 Å². The highest BCUT2D eigenvalue weighted by Gasteiger charge is 2.17. The van der Waals surface area contributed by atoms with Crippen molar-refractivity contribution in [2.24, 2.45) is 5.73 Å². The number of carbonyl (C=O) groups excluding carboxylic acids is 1. The summed E-state index contributed by atoms with van der Waals surface area (Å²) in [7, 11) is 0. The average molecular weight is 318 g/mol. The van der Waals surface area contributed by atoms with Crippen LogP contribution < -0.4 is 11.1 Å². The number of guanidine groups is 1. The molecule has 0 aliphatic carbocycles. The fourth-order valence-corrected chi connectivity index (χ4v) is 2.82. The summed E-state index contributed by atoms with van der Waals surface area (Å²) in [6.45, 7) is 0. The van der Waals surface area contributed by atoms with Crippen molar-refractivity contribution in [1.29, 1.82) is 5.41 Å². The average Bonchev–Trinajstić information content (AvgIpc) is 3.18. The van der Waals surface area contributed by atoms with Crippen molar-refractivity contribution in [2.45, 2.75) is 0 Å². The molecule has 0 atom stereocenters. The smallest absolute Gasteiger partial charge is 0.260 e. The third-order valence-electron chi connectivity index (χ3n) is 3.87. The quantitative estimate of drug-likeness (QED) is 0.335. The zero-order chi connectivity index (χ0) is 16.7. The monoisotopic (exact) mass is 318 g/mol. The van der Waals surface area contributed by atoms with Gasteiger partial charge in [0.15, 0.2) is 5.96 Å². The minimum atomic E-state index is -0.429. The molecular weight excluding hydrogens is 304 g/mol. The number of nitrogens with one attached hydrogen (secondary N) is 3. The van der Waals surface area contributed by atoms with Gasteiger partial charge in [0.1, 0.15) is 5.65 Å². The zero-order valence-corrected chi connectivity index (χ0v) is 12.6. The van der Waals surface area contributed by atoms with E-state index in [9.17, 15) is 4.79 Å².